The molecule has 0 bridgehead atoms. The van der Waals surface area contributed by atoms with Crippen LogP contribution in [-0.4, -0.2) is 14.5 Å². The van der Waals surface area contributed by atoms with E-state index in [9.17, 15) is 0 Å². The van der Waals surface area contributed by atoms with Gasteiger partial charge in [-0.25, -0.2) is 9.97 Å². The first-order chi connectivity index (χ1) is 22.3. The second-order valence-corrected chi connectivity index (χ2v) is 13.4. The minimum absolute atomic E-state index is 0.751. The van der Waals surface area contributed by atoms with Crippen LogP contribution in [0.15, 0.2) is 140 Å². The molecule has 10 aromatic rings. The average Bonchev–Trinajstić information content (AvgIpc) is 3.78. The average molecular weight is 610 g/mol. The summed E-state index contributed by atoms with van der Waals surface area (Å²) < 4.78 is 7.26. The molecule has 4 heterocycles. The Morgan fingerprint density at radius 1 is 0.444 bits per heavy atom. The van der Waals surface area contributed by atoms with E-state index in [1.54, 1.807) is 11.3 Å². The van der Waals surface area contributed by atoms with E-state index in [0.29, 0.717) is 0 Å². The van der Waals surface area contributed by atoms with Gasteiger partial charge in [-0.05, 0) is 36.4 Å². The summed E-state index contributed by atoms with van der Waals surface area (Å²) in [4.78, 5) is 10.9. The predicted molar refractivity (Wildman–Crippen MR) is 193 cm³/mol. The Morgan fingerprint density at radius 2 is 1.07 bits per heavy atom. The number of fused-ring (bicyclic) bond motifs is 9. The standard InChI is InChI=1S/C40H23N3S2/c1-2-12-24(13-3-1)43-31-20-7-4-15-27(31)35-29(18-11-21-32(35)43)40-41-36-28-16-6-9-23-34(28)45-39(36)37(42-40)30-19-10-17-26-25-14-5-8-22-33(25)44-38(26)30/h1-23H. The molecule has 0 atom stereocenters. The monoisotopic (exact) mass is 609 g/mol. The molecular formula is C40H23N3S2. The van der Waals surface area contributed by atoms with Crippen molar-refractivity contribution in [1.29, 1.82) is 0 Å². The number of hydrogen-bond acceptors (Lipinski definition) is 4. The van der Waals surface area contributed by atoms with Crippen LogP contribution < -0.4 is 0 Å². The van der Waals surface area contributed by atoms with Crippen molar-refractivity contribution in [2.45, 2.75) is 0 Å². The maximum Gasteiger partial charge on any atom is 0.161 e. The lowest BCUT2D eigenvalue weighted by Crippen LogP contribution is -1.95. The minimum Gasteiger partial charge on any atom is -0.309 e. The third-order valence-electron chi connectivity index (χ3n) is 8.83. The van der Waals surface area contributed by atoms with Gasteiger partial charge in [-0.3, -0.25) is 0 Å². The second kappa shape index (κ2) is 9.57. The van der Waals surface area contributed by atoms with Crippen molar-refractivity contribution in [3.63, 3.8) is 0 Å². The number of thiophene rings is 2. The van der Waals surface area contributed by atoms with Gasteiger partial charge in [0.15, 0.2) is 5.82 Å². The molecule has 3 nitrogen and oxygen atoms in total. The zero-order valence-electron chi connectivity index (χ0n) is 23.9. The molecule has 0 fully saturated rings. The fourth-order valence-electron chi connectivity index (χ4n) is 6.89. The normalized spacial score (nSPS) is 12.0. The molecule has 0 saturated carbocycles. The van der Waals surface area contributed by atoms with Crippen molar-refractivity contribution in [2.24, 2.45) is 0 Å². The second-order valence-electron chi connectivity index (χ2n) is 11.3. The van der Waals surface area contributed by atoms with Gasteiger partial charge in [-0.15, -0.1) is 22.7 Å². The Balaban J connectivity index is 1.33. The molecule has 0 N–H and O–H groups in total. The number of hydrogen-bond donors (Lipinski definition) is 0. The van der Waals surface area contributed by atoms with Gasteiger partial charge in [-0.2, -0.15) is 0 Å². The SMILES string of the molecule is c1ccc(-n2c3ccccc3c3c(-c4nc(-c5cccc6c5sc5ccccc56)c5sc6ccccc6c5n4)cccc32)cc1. The van der Waals surface area contributed by atoms with E-state index >= 15 is 0 Å². The van der Waals surface area contributed by atoms with E-state index in [0.717, 1.165) is 44.1 Å². The van der Waals surface area contributed by atoms with Crippen LogP contribution in [0.5, 0.6) is 0 Å². The minimum atomic E-state index is 0.751. The van der Waals surface area contributed by atoms with Gasteiger partial charge < -0.3 is 4.57 Å². The van der Waals surface area contributed by atoms with Gasteiger partial charge >= 0.3 is 0 Å². The molecule has 6 aromatic carbocycles. The van der Waals surface area contributed by atoms with Crippen molar-refractivity contribution in [3.05, 3.63) is 140 Å². The summed E-state index contributed by atoms with van der Waals surface area (Å²) in [6.07, 6.45) is 0. The highest BCUT2D eigenvalue weighted by Gasteiger charge is 2.22. The number of benzene rings is 6. The van der Waals surface area contributed by atoms with E-state index in [1.165, 1.54) is 46.5 Å². The number of rotatable bonds is 3. The first-order valence-corrected chi connectivity index (χ1v) is 16.6. The molecule has 45 heavy (non-hydrogen) atoms. The van der Waals surface area contributed by atoms with Gasteiger partial charge in [0.05, 0.1) is 26.9 Å². The molecule has 0 unspecified atom stereocenters. The Hall–Kier alpha value is -5.36. The van der Waals surface area contributed by atoms with E-state index in [-0.39, 0.29) is 0 Å². The van der Waals surface area contributed by atoms with Crippen molar-refractivity contribution in [2.75, 3.05) is 0 Å². The lowest BCUT2D eigenvalue weighted by atomic mass is 10.0. The van der Waals surface area contributed by atoms with Gasteiger partial charge in [0.1, 0.15) is 0 Å². The smallest absolute Gasteiger partial charge is 0.161 e. The highest BCUT2D eigenvalue weighted by atomic mass is 32.1. The van der Waals surface area contributed by atoms with Crippen LogP contribution >= 0.6 is 22.7 Å². The fraction of sp³-hybridized carbons (Fsp3) is 0. The first-order valence-electron chi connectivity index (χ1n) is 15.0. The van der Waals surface area contributed by atoms with Crippen LogP contribution in [0.25, 0.3) is 90.6 Å². The third kappa shape index (κ3) is 3.62. The van der Waals surface area contributed by atoms with Crippen LogP contribution in [-0.2, 0) is 0 Å². The molecular weight excluding hydrogens is 587 g/mol. The number of nitrogens with zero attached hydrogens (tertiary/aromatic N) is 3. The van der Waals surface area contributed by atoms with Crippen LogP contribution in [0.3, 0.4) is 0 Å². The summed E-state index contributed by atoms with van der Waals surface area (Å²) in [5, 5.41) is 6.10. The maximum absolute atomic E-state index is 5.49. The summed E-state index contributed by atoms with van der Waals surface area (Å²) in [6.45, 7) is 0. The zero-order chi connectivity index (χ0) is 29.5. The van der Waals surface area contributed by atoms with Crippen molar-refractivity contribution in [1.82, 2.24) is 14.5 Å². The molecule has 4 aromatic heterocycles. The van der Waals surface area contributed by atoms with Gasteiger partial charge in [0.25, 0.3) is 0 Å². The Kier molecular flexibility index (Phi) is 5.32. The highest BCUT2D eigenvalue weighted by molar-refractivity contribution is 7.27. The molecule has 0 radical (unpaired) electrons. The molecule has 0 saturated heterocycles. The van der Waals surface area contributed by atoms with Crippen molar-refractivity contribution < 1.29 is 0 Å². The van der Waals surface area contributed by atoms with E-state index in [1.807, 2.05) is 11.3 Å². The molecule has 0 amide bonds. The van der Waals surface area contributed by atoms with Gasteiger partial charge in [-0.1, -0.05) is 103 Å². The largest absolute Gasteiger partial charge is 0.309 e. The lowest BCUT2D eigenvalue weighted by molar-refractivity contribution is 1.18. The summed E-state index contributed by atoms with van der Waals surface area (Å²) in [7, 11) is 0. The summed E-state index contributed by atoms with van der Waals surface area (Å²) in [5.74, 6) is 0.751. The van der Waals surface area contributed by atoms with Crippen LogP contribution in [0, 0.1) is 0 Å². The van der Waals surface area contributed by atoms with E-state index < -0.39 is 0 Å². The van der Waals surface area contributed by atoms with Crippen LogP contribution in [0.4, 0.5) is 0 Å². The fourth-order valence-corrected chi connectivity index (χ4v) is 9.25. The Labute approximate surface area is 266 Å². The summed E-state index contributed by atoms with van der Waals surface area (Å²) in [6, 6.07) is 49.7. The number of aromatic nitrogens is 3. The quantitative estimate of drug-likeness (QED) is 0.199. The van der Waals surface area contributed by atoms with E-state index in [2.05, 4.69) is 144 Å². The van der Waals surface area contributed by atoms with Gasteiger partial charge in [0.2, 0.25) is 0 Å². The third-order valence-corrected chi connectivity index (χ3v) is 11.2. The first kappa shape index (κ1) is 25.0. The summed E-state index contributed by atoms with van der Waals surface area (Å²) >= 11 is 3.63. The Morgan fingerprint density at radius 3 is 1.93 bits per heavy atom. The molecule has 10 rings (SSSR count). The predicted octanol–water partition coefficient (Wildman–Crippen LogP) is 11.6. The van der Waals surface area contributed by atoms with Crippen molar-refractivity contribution in [3.8, 4) is 28.3 Å². The molecule has 0 aliphatic heterocycles. The van der Waals surface area contributed by atoms with Gasteiger partial charge in [0, 0.05) is 57.8 Å². The zero-order valence-corrected chi connectivity index (χ0v) is 25.6. The molecule has 5 heteroatoms. The topological polar surface area (TPSA) is 30.7 Å². The molecule has 0 aliphatic carbocycles. The van der Waals surface area contributed by atoms with Crippen LogP contribution in [0.2, 0.25) is 0 Å². The molecule has 0 spiro atoms. The maximum atomic E-state index is 5.49. The molecule has 0 aliphatic rings. The highest BCUT2D eigenvalue weighted by Crippen LogP contribution is 2.45. The van der Waals surface area contributed by atoms with E-state index in [4.69, 9.17) is 9.97 Å². The lowest BCUT2D eigenvalue weighted by Gasteiger charge is -2.10. The Bertz CT molecular complexity index is 2770. The van der Waals surface area contributed by atoms with Crippen molar-refractivity contribution >= 4 is 85.0 Å². The molecule has 210 valence electrons. The summed E-state index contributed by atoms with van der Waals surface area (Å²) in [5.41, 5.74) is 7.66. The van der Waals surface area contributed by atoms with Crippen LogP contribution in [0.1, 0.15) is 0 Å². The number of para-hydroxylation sites is 2.